The van der Waals surface area contributed by atoms with Gasteiger partial charge in [-0.25, -0.2) is 4.39 Å². The van der Waals surface area contributed by atoms with Crippen LogP contribution in [-0.4, -0.2) is 16.0 Å². The Balaban J connectivity index is 2.30. The summed E-state index contributed by atoms with van der Waals surface area (Å²) in [7, 11) is 0. The van der Waals surface area contributed by atoms with Crippen LogP contribution in [0.25, 0.3) is 0 Å². The van der Waals surface area contributed by atoms with Crippen molar-refractivity contribution in [1.29, 1.82) is 0 Å². The number of halogens is 2. The minimum Gasteiger partial charge on any atom is -0.294 e. The van der Waals surface area contributed by atoms with Crippen molar-refractivity contribution < 1.29 is 9.18 Å². The number of aryl methyl sites for hydroxylation is 2. The normalized spacial score (nSPS) is 10.5. The second-order valence-corrected chi connectivity index (χ2v) is 5.24. The first-order valence-corrected chi connectivity index (χ1v) is 6.54. The fourth-order valence-corrected chi connectivity index (χ4v) is 2.19. The number of hydrogen-bond donors (Lipinski definition) is 0. The molecule has 0 aliphatic carbocycles. The average Bonchev–Trinajstić information content (AvgIpc) is 2.36. The molecule has 0 atom stereocenters. The Morgan fingerprint density at radius 3 is 2.74 bits per heavy atom. The van der Waals surface area contributed by atoms with E-state index in [0.717, 1.165) is 4.47 Å². The van der Waals surface area contributed by atoms with Gasteiger partial charge in [-0.05, 0) is 43.7 Å². The van der Waals surface area contributed by atoms with Crippen LogP contribution in [-0.2, 0) is 6.42 Å². The zero-order valence-electron chi connectivity index (χ0n) is 10.6. The molecular weight excluding hydrogens is 311 g/mol. The zero-order chi connectivity index (χ0) is 14.0. The van der Waals surface area contributed by atoms with Gasteiger partial charge in [0.15, 0.2) is 5.78 Å². The first-order chi connectivity index (χ1) is 8.97. The number of benzene rings is 1. The molecule has 0 N–H and O–H groups in total. The summed E-state index contributed by atoms with van der Waals surface area (Å²) in [6, 6.07) is 6.24. The molecule has 2 rings (SSSR count). The Hall–Kier alpha value is -1.62. The smallest absolute Gasteiger partial charge is 0.169 e. The van der Waals surface area contributed by atoms with Crippen molar-refractivity contribution in [2.24, 2.45) is 0 Å². The summed E-state index contributed by atoms with van der Waals surface area (Å²) >= 11 is 3.27. The predicted octanol–water partition coefficient (Wildman–Crippen LogP) is 3.42. The topological polar surface area (TPSA) is 42.9 Å². The Morgan fingerprint density at radius 1 is 1.26 bits per heavy atom. The largest absolute Gasteiger partial charge is 0.294 e. The molecule has 1 aromatic carbocycles. The lowest BCUT2D eigenvalue weighted by atomic mass is 10.0. The number of carbonyl (C=O) groups excluding carboxylic acids is 1. The number of Topliss-reactive ketones (excluding diaryl/α,β-unsaturated/α-hetero) is 1. The lowest BCUT2D eigenvalue weighted by Crippen LogP contribution is -2.09. The summed E-state index contributed by atoms with van der Waals surface area (Å²) in [5.74, 6) is -0.541. The molecule has 3 nitrogen and oxygen atoms in total. The summed E-state index contributed by atoms with van der Waals surface area (Å²) in [6.45, 7) is 3.49. The van der Waals surface area contributed by atoms with E-state index in [1.807, 2.05) is 0 Å². The average molecular weight is 323 g/mol. The van der Waals surface area contributed by atoms with E-state index in [2.05, 4.69) is 26.1 Å². The van der Waals surface area contributed by atoms with E-state index in [4.69, 9.17) is 0 Å². The van der Waals surface area contributed by atoms with Gasteiger partial charge in [-0.1, -0.05) is 15.9 Å². The van der Waals surface area contributed by atoms with E-state index in [-0.39, 0.29) is 18.0 Å². The molecule has 0 amide bonds. The van der Waals surface area contributed by atoms with Crippen LogP contribution in [0, 0.1) is 19.7 Å². The highest BCUT2D eigenvalue weighted by atomic mass is 79.9. The van der Waals surface area contributed by atoms with Gasteiger partial charge in [0.05, 0.1) is 11.4 Å². The number of ketones is 1. The number of nitrogens with zero attached hydrogens (tertiary/aromatic N) is 2. The van der Waals surface area contributed by atoms with Gasteiger partial charge in [-0.3, -0.25) is 4.79 Å². The summed E-state index contributed by atoms with van der Waals surface area (Å²) in [5.41, 5.74) is 2.09. The predicted molar refractivity (Wildman–Crippen MR) is 73.6 cm³/mol. The van der Waals surface area contributed by atoms with Crippen molar-refractivity contribution in [2.45, 2.75) is 20.3 Å². The lowest BCUT2D eigenvalue weighted by Gasteiger charge is -2.06. The maximum absolute atomic E-state index is 13.6. The number of aromatic nitrogens is 2. The third kappa shape index (κ3) is 3.23. The molecule has 0 saturated heterocycles. The van der Waals surface area contributed by atoms with Crippen LogP contribution >= 0.6 is 15.9 Å². The first-order valence-electron chi connectivity index (χ1n) is 5.75. The molecule has 19 heavy (non-hydrogen) atoms. The summed E-state index contributed by atoms with van der Waals surface area (Å²) in [5, 5.41) is 7.78. The quantitative estimate of drug-likeness (QED) is 0.813. The SMILES string of the molecule is Cc1cc(C(=O)Cc2cc(Br)ccc2F)c(C)nn1. The highest BCUT2D eigenvalue weighted by molar-refractivity contribution is 9.10. The van der Waals surface area contributed by atoms with Gasteiger partial charge in [0.1, 0.15) is 5.82 Å². The molecule has 5 heteroatoms. The fraction of sp³-hybridized carbons (Fsp3) is 0.214. The molecule has 2 aromatic rings. The number of carbonyl (C=O) groups is 1. The van der Waals surface area contributed by atoms with Crippen LogP contribution in [0.2, 0.25) is 0 Å². The second kappa shape index (κ2) is 5.57. The van der Waals surface area contributed by atoms with Crippen molar-refractivity contribution in [2.75, 3.05) is 0 Å². The van der Waals surface area contributed by atoms with Crippen LogP contribution < -0.4 is 0 Å². The maximum Gasteiger partial charge on any atom is 0.169 e. The van der Waals surface area contributed by atoms with Crippen LogP contribution in [0.4, 0.5) is 4.39 Å². The summed E-state index contributed by atoms with van der Waals surface area (Å²) < 4.78 is 14.4. The monoisotopic (exact) mass is 322 g/mol. The molecule has 98 valence electrons. The van der Waals surface area contributed by atoms with Crippen LogP contribution in [0.15, 0.2) is 28.7 Å². The van der Waals surface area contributed by atoms with Crippen LogP contribution in [0.3, 0.4) is 0 Å². The van der Waals surface area contributed by atoms with Crippen molar-refractivity contribution in [1.82, 2.24) is 10.2 Å². The lowest BCUT2D eigenvalue weighted by molar-refractivity contribution is 0.0990. The minimum absolute atomic E-state index is 0.0112. The molecule has 0 unspecified atom stereocenters. The standard InChI is InChI=1S/C14H12BrFN2O/c1-8-5-12(9(2)18-17-8)14(19)7-10-6-11(15)3-4-13(10)16/h3-6H,7H2,1-2H3. The molecule has 0 saturated carbocycles. The Kier molecular flexibility index (Phi) is 4.04. The van der Waals surface area contributed by atoms with Gasteiger partial charge in [-0.15, -0.1) is 0 Å². The molecule has 1 heterocycles. The van der Waals surface area contributed by atoms with E-state index in [9.17, 15) is 9.18 Å². The molecule has 0 aliphatic rings. The summed E-state index contributed by atoms with van der Waals surface area (Å²) in [4.78, 5) is 12.2. The van der Waals surface area contributed by atoms with Gasteiger partial charge in [0.25, 0.3) is 0 Å². The molecule has 0 fully saturated rings. The molecule has 0 radical (unpaired) electrons. The van der Waals surface area contributed by atoms with Crippen molar-refractivity contribution in [3.8, 4) is 0 Å². The Bertz CT molecular complexity index is 643. The van der Waals surface area contributed by atoms with Crippen molar-refractivity contribution >= 4 is 21.7 Å². The van der Waals surface area contributed by atoms with Crippen molar-refractivity contribution in [3.05, 3.63) is 57.1 Å². The minimum atomic E-state index is -0.382. The second-order valence-electron chi connectivity index (χ2n) is 4.32. The van der Waals surface area contributed by atoms with Gasteiger partial charge in [0.2, 0.25) is 0 Å². The first kappa shape index (κ1) is 13.8. The third-order valence-corrected chi connectivity index (χ3v) is 3.25. The van der Waals surface area contributed by atoms with Gasteiger partial charge < -0.3 is 0 Å². The van der Waals surface area contributed by atoms with E-state index in [0.29, 0.717) is 22.5 Å². The molecule has 0 bridgehead atoms. The third-order valence-electron chi connectivity index (χ3n) is 2.76. The Morgan fingerprint density at radius 2 is 2.00 bits per heavy atom. The highest BCUT2D eigenvalue weighted by Crippen LogP contribution is 2.18. The van der Waals surface area contributed by atoms with E-state index < -0.39 is 0 Å². The van der Waals surface area contributed by atoms with E-state index in [1.54, 1.807) is 32.0 Å². The number of rotatable bonds is 3. The van der Waals surface area contributed by atoms with Gasteiger partial charge in [0, 0.05) is 16.5 Å². The van der Waals surface area contributed by atoms with Crippen LogP contribution in [0.5, 0.6) is 0 Å². The van der Waals surface area contributed by atoms with Gasteiger partial charge in [-0.2, -0.15) is 10.2 Å². The highest BCUT2D eigenvalue weighted by Gasteiger charge is 2.14. The number of hydrogen-bond acceptors (Lipinski definition) is 3. The molecular formula is C14H12BrFN2O. The van der Waals surface area contributed by atoms with Crippen LogP contribution in [0.1, 0.15) is 27.3 Å². The van der Waals surface area contributed by atoms with Crippen molar-refractivity contribution in [3.63, 3.8) is 0 Å². The molecule has 0 spiro atoms. The van der Waals surface area contributed by atoms with E-state index >= 15 is 0 Å². The fourth-order valence-electron chi connectivity index (χ4n) is 1.78. The molecule has 1 aromatic heterocycles. The van der Waals surface area contributed by atoms with Gasteiger partial charge >= 0.3 is 0 Å². The Labute approximate surface area is 119 Å². The van der Waals surface area contributed by atoms with E-state index in [1.165, 1.54) is 6.07 Å². The maximum atomic E-state index is 13.6. The molecule has 0 aliphatic heterocycles. The summed E-state index contributed by atoms with van der Waals surface area (Å²) in [6.07, 6.45) is 0.0112. The zero-order valence-corrected chi connectivity index (χ0v) is 12.2.